The van der Waals surface area contributed by atoms with Crippen molar-refractivity contribution < 1.29 is 0 Å². The average molecular weight is 388 g/mol. The number of rotatable bonds is 3. The first-order valence-corrected chi connectivity index (χ1v) is 9.62. The third-order valence-electron chi connectivity index (χ3n) is 5.35. The molecule has 1 radical (unpaired) electrons. The molecule has 1 aliphatic rings. The maximum atomic E-state index is 4.87. The lowest BCUT2D eigenvalue weighted by atomic mass is 10.1. The van der Waals surface area contributed by atoms with E-state index >= 15 is 0 Å². The average Bonchev–Trinajstić information content (AvgIpc) is 3.49. The Morgan fingerprint density at radius 1 is 0.800 bits per heavy atom. The summed E-state index contributed by atoms with van der Waals surface area (Å²) in [6.45, 7) is 0. The molecule has 1 N–H and O–H groups in total. The van der Waals surface area contributed by atoms with Gasteiger partial charge in [-0.15, -0.1) is 0 Å². The van der Waals surface area contributed by atoms with Crippen LogP contribution in [0.1, 0.15) is 0 Å². The highest BCUT2D eigenvalue weighted by atomic mass is 15.4. The molecule has 1 aliphatic heterocycles. The lowest BCUT2D eigenvalue weighted by molar-refractivity contribution is 0.724. The Balaban J connectivity index is 1.46. The first kappa shape index (κ1) is 16.8. The number of fused-ring (bicyclic) bond motifs is 2. The molecule has 0 amide bonds. The van der Waals surface area contributed by atoms with Crippen molar-refractivity contribution in [3.8, 4) is 11.4 Å². The van der Waals surface area contributed by atoms with E-state index in [1.54, 1.807) is 6.34 Å². The number of nitrogens with one attached hydrogen (secondary N) is 1. The Hall–Kier alpha value is -4.16. The number of pyridine rings is 2. The molecule has 5 aromatic rings. The van der Waals surface area contributed by atoms with Crippen molar-refractivity contribution in [2.24, 2.45) is 4.99 Å². The van der Waals surface area contributed by atoms with Crippen molar-refractivity contribution in [2.45, 2.75) is 0 Å². The molecule has 0 fully saturated rings. The van der Waals surface area contributed by atoms with Gasteiger partial charge in [0, 0.05) is 28.6 Å². The molecule has 6 rings (SSSR count). The standard InChI is InChI=1S/C24H16N6/c1-4-8-21-17(5-1)9-10-22(28-21)30(12-11-25-16-30)23-15-27-24(29-23)19-13-18-6-2-3-7-20(18)26-14-19/h1-10,12-16H,(H,27,29)/q+1. The molecule has 30 heavy (non-hydrogen) atoms. The van der Waals surface area contributed by atoms with Crippen LogP contribution in [0.2, 0.25) is 0 Å². The van der Waals surface area contributed by atoms with E-state index in [2.05, 4.69) is 39.4 Å². The molecular weight excluding hydrogens is 372 g/mol. The topological polar surface area (TPSA) is 66.8 Å². The quantitative estimate of drug-likeness (QED) is 0.436. The van der Waals surface area contributed by atoms with Gasteiger partial charge in [0.05, 0.1) is 17.2 Å². The number of hydrogen-bond donors (Lipinski definition) is 1. The number of para-hydroxylation sites is 2. The highest BCUT2D eigenvalue weighted by molar-refractivity contribution is 5.88. The van der Waals surface area contributed by atoms with E-state index in [1.807, 2.05) is 67.1 Å². The number of hydrogen-bond acceptors (Lipinski definition) is 4. The second-order valence-electron chi connectivity index (χ2n) is 7.17. The van der Waals surface area contributed by atoms with Crippen LogP contribution in [0.5, 0.6) is 0 Å². The predicted octanol–water partition coefficient (Wildman–Crippen LogP) is 5.13. The van der Waals surface area contributed by atoms with E-state index in [0.29, 0.717) is 0 Å². The van der Waals surface area contributed by atoms with E-state index in [0.717, 1.165) is 44.8 Å². The van der Waals surface area contributed by atoms with E-state index < -0.39 is 0 Å². The van der Waals surface area contributed by atoms with Crippen LogP contribution in [-0.4, -0.2) is 26.3 Å². The molecular formula is C24H16N6+. The molecule has 0 bridgehead atoms. The summed E-state index contributed by atoms with van der Waals surface area (Å²) in [5.74, 6) is 2.31. The minimum absolute atomic E-state index is 0.169. The van der Waals surface area contributed by atoms with Crippen LogP contribution in [0.15, 0.2) is 90.3 Å². The monoisotopic (exact) mass is 388 g/mol. The predicted molar refractivity (Wildman–Crippen MR) is 119 cm³/mol. The van der Waals surface area contributed by atoms with Crippen molar-refractivity contribution in [2.75, 3.05) is 0 Å². The van der Waals surface area contributed by atoms with Gasteiger partial charge in [-0.25, -0.2) is 0 Å². The van der Waals surface area contributed by atoms with Crippen LogP contribution in [0.4, 0.5) is 11.6 Å². The van der Waals surface area contributed by atoms with E-state index in [9.17, 15) is 0 Å². The molecule has 6 nitrogen and oxygen atoms in total. The lowest BCUT2D eigenvalue weighted by Gasteiger charge is -2.22. The van der Waals surface area contributed by atoms with Crippen molar-refractivity contribution in [1.82, 2.24) is 24.4 Å². The molecule has 2 aromatic carbocycles. The van der Waals surface area contributed by atoms with Crippen molar-refractivity contribution in [3.05, 3.63) is 91.5 Å². The summed E-state index contributed by atoms with van der Waals surface area (Å²) in [6.07, 6.45) is 10.3. The molecule has 141 valence electrons. The summed E-state index contributed by atoms with van der Waals surface area (Å²) in [5, 5.41) is 2.16. The third-order valence-corrected chi connectivity index (χ3v) is 5.35. The van der Waals surface area contributed by atoms with Crippen LogP contribution in [0.3, 0.4) is 0 Å². The molecule has 4 heterocycles. The van der Waals surface area contributed by atoms with Gasteiger partial charge < -0.3 is 4.98 Å². The number of benzene rings is 2. The smallest absolute Gasteiger partial charge is 0.263 e. The fourth-order valence-corrected chi connectivity index (χ4v) is 3.76. The first-order valence-electron chi connectivity index (χ1n) is 9.62. The first-order chi connectivity index (χ1) is 14.8. The molecule has 1 unspecified atom stereocenters. The van der Waals surface area contributed by atoms with Gasteiger partial charge in [0.25, 0.3) is 5.82 Å². The maximum Gasteiger partial charge on any atom is 0.263 e. The Morgan fingerprint density at radius 3 is 2.50 bits per heavy atom. The highest BCUT2D eigenvalue weighted by Gasteiger charge is 2.37. The Bertz CT molecular complexity index is 1450. The van der Waals surface area contributed by atoms with Crippen molar-refractivity contribution in [3.63, 3.8) is 0 Å². The summed E-state index contributed by atoms with van der Waals surface area (Å²) in [5.41, 5.74) is 2.81. The Labute approximate surface area is 172 Å². The number of quaternary nitrogens is 1. The number of imidazole rings is 1. The second kappa shape index (κ2) is 6.43. The van der Waals surface area contributed by atoms with Gasteiger partial charge in [-0.05, 0) is 24.3 Å². The van der Waals surface area contributed by atoms with Gasteiger partial charge >= 0.3 is 0 Å². The van der Waals surface area contributed by atoms with Gasteiger partial charge in [-0.3, -0.25) is 4.98 Å². The summed E-state index contributed by atoms with van der Waals surface area (Å²) < 4.78 is 0.169. The van der Waals surface area contributed by atoms with Crippen molar-refractivity contribution in [1.29, 1.82) is 0 Å². The Kier molecular flexibility index (Phi) is 3.60. The minimum atomic E-state index is 0.169. The number of aromatic amines is 1. The number of aromatic nitrogens is 4. The number of H-pyrrole nitrogens is 1. The van der Waals surface area contributed by atoms with Crippen LogP contribution in [0, 0.1) is 6.20 Å². The van der Waals surface area contributed by atoms with Gasteiger partial charge in [0.2, 0.25) is 12.2 Å². The fraction of sp³-hybridized carbons (Fsp3) is 0. The van der Waals surface area contributed by atoms with E-state index in [1.165, 1.54) is 0 Å². The van der Waals surface area contributed by atoms with Crippen LogP contribution >= 0.6 is 0 Å². The normalized spacial score (nSPS) is 17.9. The fourth-order valence-electron chi connectivity index (χ4n) is 3.76. The van der Waals surface area contributed by atoms with Gasteiger partial charge in [-0.2, -0.15) is 19.4 Å². The molecule has 0 saturated carbocycles. The summed E-state index contributed by atoms with van der Waals surface area (Å²) >= 11 is 0. The Morgan fingerprint density at radius 2 is 1.63 bits per heavy atom. The lowest BCUT2D eigenvalue weighted by Crippen LogP contribution is -2.36. The van der Waals surface area contributed by atoms with E-state index in [-0.39, 0.29) is 4.48 Å². The SMILES string of the molecule is [C]1=C[N+](c2c[nH]c(-c3cnc4ccccc4c3)n2)(c2ccc3ccccc3n2)C=N1. The highest BCUT2D eigenvalue weighted by Crippen LogP contribution is 2.35. The zero-order chi connectivity index (χ0) is 20.0. The molecule has 0 saturated heterocycles. The molecule has 6 heteroatoms. The summed E-state index contributed by atoms with van der Waals surface area (Å²) in [6, 6.07) is 22.3. The summed E-state index contributed by atoms with van der Waals surface area (Å²) in [4.78, 5) is 21.8. The van der Waals surface area contributed by atoms with Crippen LogP contribution in [0.25, 0.3) is 33.2 Å². The zero-order valence-corrected chi connectivity index (χ0v) is 15.9. The summed E-state index contributed by atoms with van der Waals surface area (Å²) in [7, 11) is 0. The number of aliphatic imine (C=N–C) groups is 1. The van der Waals surface area contributed by atoms with Crippen molar-refractivity contribution >= 4 is 39.8 Å². The minimum Gasteiger partial charge on any atom is -0.339 e. The maximum absolute atomic E-state index is 4.87. The molecule has 0 spiro atoms. The van der Waals surface area contributed by atoms with Gasteiger partial charge in [0.15, 0.2) is 6.20 Å². The molecule has 3 aromatic heterocycles. The molecule has 0 aliphatic carbocycles. The van der Waals surface area contributed by atoms with E-state index in [4.69, 9.17) is 9.97 Å². The second-order valence-corrected chi connectivity index (χ2v) is 7.17. The zero-order valence-electron chi connectivity index (χ0n) is 15.9. The van der Waals surface area contributed by atoms with Gasteiger partial charge in [0.1, 0.15) is 12.0 Å². The van der Waals surface area contributed by atoms with Crippen LogP contribution in [-0.2, 0) is 0 Å². The van der Waals surface area contributed by atoms with Gasteiger partial charge in [-0.1, -0.05) is 36.4 Å². The largest absolute Gasteiger partial charge is 0.339 e. The third kappa shape index (κ3) is 2.55. The molecule has 1 atom stereocenters. The number of nitrogens with zero attached hydrogens (tertiary/aromatic N) is 5. The van der Waals surface area contributed by atoms with Crippen LogP contribution < -0.4 is 4.48 Å².